The molecule has 0 fully saturated rings. The Hall–Kier alpha value is -1.01. The molecule has 3 heteroatoms. The molecule has 0 heterocycles. The lowest BCUT2D eigenvalue weighted by Crippen LogP contribution is -2.16. The Morgan fingerprint density at radius 2 is 2.25 bits per heavy atom. The average Bonchev–Trinajstić information content (AvgIpc) is 2.29. The van der Waals surface area contributed by atoms with Crippen molar-refractivity contribution in [3.05, 3.63) is 28.7 Å². The second-order valence-corrected chi connectivity index (χ2v) is 5.00. The SMILES string of the molecule is CCC(C)(C#N)CCOc1cccc(Br)c1. The third kappa shape index (κ3) is 3.86. The van der Waals surface area contributed by atoms with Crippen molar-refractivity contribution in [1.29, 1.82) is 5.26 Å². The van der Waals surface area contributed by atoms with Gasteiger partial charge in [0.2, 0.25) is 0 Å². The van der Waals surface area contributed by atoms with Gasteiger partial charge in [-0.2, -0.15) is 5.26 Å². The van der Waals surface area contributed by atoms with Gasteiger partial charge in [0.25, 0.3) is 0 Å². The summed E-state index contributed by atoms with van der Waals surface area (Å²) in [5, 5.41) is 9.01. The van der Waals surface area contributed by atoms with Crippen LogP contribution in [-0.2, 0) is 0 Å². The lowest BCUT2D eigenvalue weighted by atomic mass is 9.86. The highest BCUT2D eigenvalue weighted by Gasteiger charge is 2.20. The third-order valence-electron chi connectivity index (χ3n) is 2.77. The number of rotatable bonds is 5. The number of hydrogen-bond acceptors (Lipinski definition) is 2. The van der Waals surface area contributed by atoms with Crippen LogP contribution in [0, 0.1) is 16.7 Å². The molecule has 0 bridgehead atoms. The molecule has 0 saturated heterocycles. The first-order valence-corrected chi connectivity index (χ1v) is 6.18. The van der Waals surface area contributed by atoms with Crippen LogP contribution in [0.5, 0.6) is 5.75 Å². The Morgan fingerprint density at radius 3 is 2.81 bits per heavy atom. The van der Waals surface area contributed by atoms with Gasteiger partial charge in [0.15, 0.2) is 0 Å². The number of benzene rings is 1. The first kappa shape index (κ1) is 13.1. The van der Waals surface area contributed by atoms with E-state index in [1.165, 1.54) is 0 Å². The maximum atomic E-state index is 9.01. The molecule has 0 aliphatic heterocycles. The number of hydrogen-bond donors (Lipinski definition) is 0. The van der Waals surface area contributed by atoms with Crippen LogP contribution >= 0.6 is 15.9 Å². The van der Waals surface area contributed by atoms with Crippen LogP contribution in [0.3, 0.4) is 0 Å². The monoisotopic (exact) mass is 281 g/mol. The molecule has 0 aliphatic carbocycles. The highest BCUT2D eigenvalue weighted by atomic mass is 79.9. The lowest BCUT2D eigenvalue weighted by Gasteiger charge is -2.19. The topological polar surface area (TPSA) is 33.0 Å². The summed E-state index contributed by atoms with van der Waals surface area (Å²) >= 11 is 3.39. The van der Waals surface area contributed by atoms with Gasteiger partial charge in [-0.05, 0) is 38.0 Å². The van der Waals surface area contributed by atoms with Crippen molar-refractivity contribution in [2.24, 2.45) is 5.41 Å². The molecule has 1 atom stereocenters. The van der Waals surface area contributed by atoms with E-state index in [2.05, 4.69) is 22.0 Å². The van der Waals surface area contributed by atoms with Gasteiger partial charge in [-0.15, -0.1) is 0 Å². The molecule has 16 heavy (non-hydrogen) atoms. The Labute approximate surface area is 105 Å². The molecular formula is C13H16BrNO. The molecule has 0 amide bonds. The summed E-state index contributed by atoms with van der Waals surface area (Å²) in [6.07, 6.45) is 1.61. The van der Waals surface area contributed by atoms with Gasteiger partial charge in [0.1, 0.15) is 5.75 Å². The van der Waals surface area contributed by atoms with Crippen LogP contribution in [-0.4, -0.2) is 6.61 Å². The Balaban J connectivity index is 2.45. The number of nitrogens with zero attached hydrogens (tertiary/aromatic N) is 1. The zero-order valence-electron chi connectivity index (χ0n) is 9.66. The molecule has 0 aromatic heterocycles. The maximum absolute atomic E-state index is 9.01. The van der Waals surface area contributed by atoms with Gasteiger partial charge in [-0.3, -0.25) is 0 Å². The van der Waals surface area contributed by atoms with Crippen LogP contribution in [0.15, 0.2) is 28.7 Å². The molecule has 86 valence electrons. The van der Waals surface area contributed by atoms with Crippen LogP contribution in [0.4, 0.5) is 0 Å². The van der Waals surface area contributed by atoms with Crippen molar-refractivity contribution in [1.82, 2.24) is 0 Å². The molecule has 1 aromatic carbocycles. The molecule has 1 unspecified atom stereocenters. The lowest BCUT2D eigenvalue weighted by molar-refractivity contribution is 0.249. The average molecular weight is 282 g/mol. The van der Waals surface area contributed by atoms with Crippen molar-refractivity contribution < 1.29 is 4.74 Å². The third-order valence-corrected chi connectivity index (χ3v) is 3.26. The van der Waals surface area contributed by atoms with E-state index in [0.717, 1.165) is 23.1 Å². The van der Waals surface area contributed by atoms with Gasteiger partial charge in [0.05, 0.1) is 18.1 Å². The predicted molar refractivity (Wildman–Crippen MR) is 68.3 cm³/mol. The molecule has 0 radical (unpaired) electrons. The van der Waals surface area contributed by atoms with Crippen LogP contribution in [0.1, 0.15) is 26.7 Å². The van der Waals surface area contributed by atoms with E-state index in [1.54, 1.807) is 0 Å². The van der Waals surface area contributed by atoms with E-state index in [-0.39, 0.29) is 5.41 Å². The van der Waals surface area contributed by atoms with Crippen LogP contribution in [0.2, 0.25) is 0 Å². The van der Waals surface area contributed by atoms with E-state index in [9.17, 15) is 0 Å². The normalized spacial score (nSPS) is 13.9. The van der Waals surface area contributed by atoms with Gasteiger partial charge in [0, 0.05) is 4.47 Å². The van der Waals surface area contributed by atoms with E-state index in [1.807, 2.05) is 38.1 Å². The Bertz CT molecular complexity index is 386. The second kappa shape index (κ2) is 5.91. The predicted octanol–water partition coefficient (Wildman–Crippen LogP) is 4.16. The molecule has 0 aliphatic rings. The summed E-state index contributed by atoms with van der Waals surface area (Å²) in [6.45, 7) is 4.58. The summed E-state index contributed by atoms with van der Waals surface area (Å²) in [7, 11) is 0. The summed E-state index contributed by atoms with van der Waals surface area (Å²) in [5.41, 5.74) is -0.272. The zero-order chi connectivity index (χ0) is 12.0. The minimum absolute atomic E-state index is 0.272. The smallest absolute Gasteiger partial charge is 0.120 e. The largest absolute Gasteiger partial charge is 0.493 e. The highest BCUT2D eigenvalue weighted by molar-refractivity contribution is 9.10. The van der Waals surface area contributed by atoms with E-state index in [4.69, 9.17) is 10.00 Å². The van der Waals surface area contributed by atoms with Crippen molar-refractivity contribution in [3.8, 4) is 11.8 Å². The fourth-order valence-corrected chi connectivity index (χ4v) is 1.64. The van der Waals surface area contributed by atoms with Gasteiger partial charge in [-0.25, -0.2) is 0 Å². The Morgan fingerprint density at radius 1 is 1.50 bits per heavy atom. The van der Waals surface area contributed by atoms with Crippen molar-refractivity contribution in [2.75, 3.05) is 6.61 Å². The molecular weight excluding hydrogens is 266 g/mol. The van der Waals surface area contributed by atoms with Crippen molar-refractivity contribution >= 4 is 15.9 Å². The fraction of sp³-hybridized carbons (Fsp3) is 0.462. The molecule has 0 spiro atoms. The maximum Gasteiger partial charge on any atom is 0.120 e. The summed E-state index contributed by atoms with van der Waals surface area (Å²) in [6, 6.07) is 10.1. The summed E-state index contributed by atoms with van der Waals surface area (Å²) in [4.78, 5) is 0. The fourth-order valence-electron chi connectivity index (χ4n) is 1.26. The molecule has 0 saturated carbocycles. The molecule has 0 N–H and O–H groups in total. The summed E-state index contributed by atoms with van der Waals surface area (Å²) < 4.78 is 6.61. The van der Waals surface area contributed by atoms with E-state index < -0.39 is 0 Å². The van der Waals surface area contributed by atoms with Crippen LogP contribution < -0.4 is 4.74 Å². The highest BCUT2D eigenvalue weighted by Crippen LogP contribution is 2.25. The molecule has 1 aromatic rings. The Kier molecular flexibility index (Phi) is 4.82. The van der Waals surface area contributed by atoms with Crippen molar-refractivity contribution in [3.63, 3.8) is 0 Å². The minimum Gasteiger partial charge on any atom is -0.493 e. The first-order valence-electron chi connectivity index (χ1n) is 5.39. The van der Waals surface area contributed by atoms with Gasteiger partial charge in [-0.1, -0.05) is 28.9 Å². The first-order chi connectivity index (χ1) is 7.59. The van der Waals surface area contributed by atoms with E-state index in [0.29, 0.717) is 6.61 Å². The second-order valence-electron chi connectivity index (χ2n) is 4.08. The molecule has 1 rings (SSSR count). The minimum atomic E-state index is -0.272. The molecule has 2 nitrogen and oxygen atoms in total. The standard InChI is InChI=1S/C13H16BrNO/c1-3-13(2,10-15)7-8-16-12-6-4-5-11(14)9-12/h4-6,9H,3,7-8H2,1-2H3. The number of nitriles is 1. The zero-order valence-corrected chi connectivity index (χ0v) is 11.3. The van der Waals surface area contributed by atoms with E-state index >= 15 is 0 Å². The van der Waals surface area contributed by atoms with Crippen molar-refractivity contribution in [2.45, 2.75) is 26.7 Å². The number of ether oxygens (including phenoxy) is 1. The number of halogens is 1. The van der Waals surface area contributed by atoms with Crippen LogP contribution in [0.25, 0.3) is 0 Å². The van der Waals surface area contributed by atoms with Gasteiger partial charge < -0.3 is 4.74 Å². The summed E-state index contributed by atoms with van der Waals surface area (Å²) in [5.74, 6) is 0.839. The quantitative estimate of drug-likeness (QED) is 0.812. The van der Waals surface area contributed by atoms with Gasteiger partial charge >= 0.3 is 0 Å².